The Hall–Kier alpha value is -2.11. The molecule has 1 aromatic heterocycles. The Morgan fingerprint density at radius 2 is 2.13 bits per heavy atom. The maximum Gasteiger partial charge on any atom is 0.317 e. The predicted molar refractivity (Wildman–Crippen MR) is 52.4 cm³/mol. The number of hydrogen-bond donors (Lipinski definition) is 2. The van der Waals surface area contributed by atoms with Crippen LogP contribution in [0.3, 0.4) is 0 Å². The monoisotopic (exact) mass is 208 g/mol. The minimum atomic E-state index is -0.280. The molecular weight excluding hydrogens is 199 g/mol. The molecule has 0 amide bonds. The minimum absolute atomic E-state index is 0.0222. The fourth-order valence-electron chi connectivity index (χ4n) is 1.12. The first-order valence-corrected chi connectivity index (χ1v) is 4.32. The molecule has 6 heteroatoms. The summed E-state index contributed by atoms with van der Waals surface area (Å²) in [6.07, 6.45) is 0. The molecule has 0 radical (unpaired) electrons. The number of hydrogen-bond acceptors (Lipinski definition) is 5. The van der Waals surface area contributed by atoms with Crippen LogP contribution in [0.15, 0.2) is 28.7 Å². The smallest absolute Gasteiger partial charge is 0.317 e. The van der Waals surface area contributed by atoms with Crippen molar-refractivity contribution in [2.75, 3.05) is 11.1 Å². The fourth-order valence-corrected chi connectivity index (χ4v) is 1.12. The van der Waals surface area contributed by atoms with Gasteiger partial charge in [-0.2, -0.15) is 0 Å². The maximum atomic E-state index is 13.2. The number of nitrogens with zero attached hydrogens (tertiary/aromatic N) is 2. The summed E-state index contributed by atoms with van der Waals surface area (Å²) in [4.78, 5) is 0. The van der Waals surface area contributed by atoms with E-state index in [2.05, 4.69) is 15.5 Å². The molecule has 0 spiro atoms. The molecule has 0 aliphatic carbocycles. The Labute approximate surface area is 85.1 Å². The summed E-state index contributed by atoms with van der Waals surface area (Å²) in [7, 11) is 0. The first-order valence-electron chi connectivity index (χ1n) is 4.32. The van der Waals surface area contributed by atoms with Crippen LogP contribution in [-0.2, 0) is 6.54 Å². The van der Waals surface area contributed by atoms with Gasteiger partial charge in [0, 0.05) is 12.1 Å². The van der Waals surface area contributed by atoms with E-state index < -0.39 is 0 Å². The predicted octanol–water partition coefficient (Wildman–Crippen LogP) is 1.40. The summed E-state index contributed by atoms with van der Waals surface area (Å²) in [6.45, 7) is 0.272. The molecule has 0 aliphatic heterocycles. The van der Waals surface area contributed by atoms with E-state index in [1.165, 1.54) is 6.07 Å². The highest BCUT2D eigenvalue weighted by Crippen LogP contribution is 2.10. The van der Waals surface area contributed by atoms with Gasteiger partial charge in [-0.05, 0) is 6.07 Å². The van der Waals surface area contributed by atoms with Crippen molar-refractivity contribution < 1.29 is 8.81 Å². The van der Waals surface area contributed by atoms with Gasteiger partial charge in [0.15, 0.2) is 0 Å². The van der Waals surface area contributed by atoms with E-state index in [1.54, 1.807) is 18.2 Å². The zero-order chi connectivity index (χ0) is 10.7. The van der Waals surface area contributed by atoms with Crippen molar-refractivity contribution in [1.82, 2.24) is 10.2 Å². The van der Waals surface area contributed by atoms with E-state index in [0.29, 0.717) is 5.56 Å². The van der Waals surface area contributed by atoms with Gasteiger partial charge in [-0.3, -0.25) is 0 Å². The van der Waals surface area contributed by atoms with Crippen molar-refractivity contribution in [2.24, 2.45) is 0 Å². The maximum absolute atomic E-state index is 13.2. The zero-order valence-corrected chi connectivity index (χ0v) is 7.77. The van der Waals surface area contributed by atoms with Crippen molar-refractivity contribution in [1.29, 1.82) is 0 Å². The summed E-state index contributed by atoms with van der Waals surface area (Å²) < 4.78 is 18.0. The van der Waals surface area contributed by atoms with Crippen LogP contribution in [0.25, 0.3) is 0 Å². The van der Waals surface area contributed by atoms with Crippen LogP contribution in [-0.4, -0.2) is 10.2 Å². The lowest BCUT2D eigenvalue weighted by atomic mass is 10.2. The minimum Gasteiger partial charge on any atom is -0.390 e. The summed E-state index contributed by atoms with van der Waals surface area (Å²) in [6, 6.07) is 6.59. The van der Waals surface area contributed by atoms with Crippen LogP contribution < -0.4 is 11.1 Å². The molecule has 5 nitrogen and oxygen atoms in total. The zero-order valence-electron chi connectivity index (χ0n) is 7.77. The topological polar surface area (TPSA) is 77.0 Å². The molecular formula is C9H9FN4O. The molecule has 1 heterocycles. The highest BCUT2D eigenvalue weighted by molar-refractivity contribution is 5.26. The van der Waals surface area contributed by atoms with E-state index >= 15 is 0 Å². The van der Waals surface area contributed by atoms with Crippen molar-refractivity contribution in [2.45, 2.75) is 6.54 Å². The van der Waals surface area contributed by atoms with Crippen LogP contribution in [0.1, 0.15) is 5.56 Å². The third kappa shape index (κ3) is 2.22. The Balaban J connectivity index is 2.02. The molecule has 2 aromatic rings. The summed E-state index contributed by atoms with van der Waals surface area (Å²) >= 11 is 0. The van der Waals surface area contributed by atoms with Crippen molar-refractivity contribution in [3.63, 3.8) is 0 Å². The molecule has 2 rings (SSSR count). The molecule has 1 aromatic carbocycles. The summed E-state index contributed by atoms with van der Waals surface area (Å²) in [5.41, 5.74) is 5.75. The van der Waals surface area contributed by atoms with Crippen LogP contribution in [0, 0.1) is 5.82 Å². The summed E-state index contributed by atoms with van der Waals surface area (Å²) in [5, 5.41) is 9.80. The van der Waals surface area contributed by atoms with Crippen LogP contribution in [0.2, 0.25) is 0 Å². The number of nitrogens with two attached hydrogens (primary N) is 1. The highest BCUT2D eigenvalue weighted by Gasteiger charge is 2.04. The number of benzene rings is 1. The highest BCUT2D eigenvalue weighted by atomic mass is 19.1. The first kappa shape index (κ1) is 9.45. The molecule has 0 saturated carbocycles. The van der Waals surface area contributed by atoms with E-state index in [1.807, 2.05) is 0 Å². The SMILES string of the molecule is Nc1nnc(NCc2ccccc2F)o1. The second-order valence-corrected chi connectivity index (χ2v) is 2.89. The average Bonchev–Trinajstić information content (AvgIpc) is 2.63. The van der Waals surface area contributed by atoms with Gasteiger partial charge in [-0.1, -0.05) is 28.4 Å². The van der Waals surface area contributed by atoms with E-state index in [4.69, 9.17) is 10.2 Å². The van der Waals surface area contributed by atoms with Crippen LogP contribution in [0.5, 0.6) is 0 Å². The van der Waals surface area contributed by atoms with Gasteiger partial charge in [0.1, 0.15) is 5.82 Å². The molecule has 0 bridgehead atoms. The Kier molecular flexibility index (Phi) is 2.49. The molecule has 0 atom stereocenters. The van der Waals surface area contributed by atoms with Gasteiger partial charge in [0.25, 0.3) is 0 Å². The second-order valence-electron chi connectivity index (χ2n) is 2.89. The molecule has 0 unspecified atom stereocenters. The molecule has 0 aliphatic rings. The van der Waals surface area contributed by atoms with Gasteiger partial charge < -0.3 is 15.5 Å². The number of nitrogens with one attached hydrogen (secondary N) is 1. The largest absolute Gasteiger partial charge is 0.390 e. The average molecular weight is 208 g/mol. The first-order chi connectivity index (χ1) is 7.25. The number of nitrogen functional groups attached to an aromatic ring is 1. The van der Waals surface area contributed by atoms with Crippen LogP contribution >= 0.6 is 0 Å². The molecule has 78 valence electrons. The van der Waals surface area contributed by atoms with E-state index in [-0.39, 0.29) is 24.4 Å². The molecule has 0 fully saturated rings. The Morgan fingerprint density at radius 3 is 2.80 bits per heavy atom. The van der Waals surface area contributed by atoms with Crippen molar-refractivity contribution >= 4 is 12.0 Å². The van der Waals surface area contributed by atoms with Gasteiger partial charge in [0.2, 0.25) is 0 Å². The fraction of sp³-hybridized carbons (Fsp3) is 0.111. The summed E-state index contributed by atoms with van der Waals surface area (Å²) in [5.74, 6) is -0.280. The van der Waals surface area contributed by atoms with E-state index in [0.717, 1.165) is 0 Å². The van der Waals surface area contributed by atoms with E-state index in [9.17, 15) is 4.39 Å². The number of halogens is 1. The third-order valence-electron chi connectivity index (χ3n) is 1.83. The van der Waals surface area contributed by atoms with Gasteiger partial charge >= 0.3 is 12.0 Å². The van der Waals surface area contributed by atoms with Crippen molar-refractivity contribution in [3.8, 4) is 0 Å². The van der Waals surface area contributed by atoms with Crippen molar-refractivity contribution in [3.05, 3.63) is 35.6 Å². The molecule has 15 heavy (non-hydrogen) atoms. The second kappa shape index (κ2) is 3.95. The normalized spacial score (nSPS) is 10.2. The number of anilines is 2. The number of aromatic nitrogens is 2. The molecule has 3 N–H and O–H groups in total. The van der Waals surface area contributed by atoms with Gasteiger partial charge in [-0.15, -0.1) is 0 Å². The quantitative estimate of drug-likeness (QED) is 0.797. The Bertz CT molecular complexity index is 457. The Morgan fingerprint density at radius 1 is 1.33 bits per heavy atom. The molecule has 0 saturated heterocycles. The lowest BCUT2D eigenvalue weighted by Gasteiger charge is -2.02. The lowest BCUT2D eigenvalue weighted by Crippen LogP contribution is -2.01. The standard InChI is InChI=1S/C9H9FN4O/c10-7-4-2-1-3-6(7)5-12-9-14-13-8(11)15-9/h1-4H,5H2,(H2,11,13)(H,12,14). The van der Waals surface area contributed by atoms with Gasteiger partial charge in [-0.25, -0.2) is 4.39 Å². The van der Waals surface area contributed by atoms with Gasteiger partial charge in [0.05, 0.1) is 0 Å². The number of rotatable bonds is 3. The lowest BCUT2D eigenvalue weighted by molar-refractivity contribution is 0.581. The van der Waals surface area contributed by atoms with Crippen LogP contribution in [0.4, 0.5) is 16.4 Å². The third-order valence-corrected chi connectivity index (χ3v) is 1.83.